The van der Waals surface area contributed by atoms with Crippen LogP contribution in [0.15, 0.2) is 12.3 Å². The van der Waals surface area contributed by atoms with Crippen LogP contribution in [0.2, 0.25) is 0 Å². The first-order valence-electron chi connectivity index (χ1n) is 4.76. The van der Waals surface area contributed by atoms with Crippen molar-refractivity contribution in [2.75, 3.05) is 5.73 Å². The molecule has 5 heteroatoms. The number of pyridine rings is 1. The minimum atomic E-state index is -0.580. The number of nitrogen functional groups attached to an aromatic ring is 1. The van der Waals surface area contributed by atoms with Crippen molar-refractivity contribution in [3.8, 4) is 5.88 Å². The summed E-state index contributed by atoms with van der Waals surface area (Å²) < 4.78 is 5.43. The Morgan fingerprint density at radius 1 is 1.67 bits per heavy atom. The number of aromatic nitrogens is 1. The van der Waals surface area contributed by atoms with E-state index in [0.717, 1.165) is 6.42 Å². The maximum atomic E-state index is 11.0. The van der Waals surface area contributed by atoms with Gasteiger partial charge in [-0.15, -0.1) is 0 Å². The second kappa shape index (κ2) is 4.63. The Morgan fingerprint density at radius 2 is 2.33 bits per heavy atom. The second-order valence-electron chi connectivity index (χ2n) is 3.31. The third kappa shape index (κ3) is 2.83. The monoisotopic (exact) mass is 209 g/mol. The van der Waals surface area contributed by atoms with Gasteiger partial charge in [-0.3, -0.25) is 4.79 Å². The minimum Gasteiger partial charge on any atom is -0.475 e. The van der Waals surface area contributed by atoms with E-state index in [1.807, 2.05) is 13.8 Å². The van der Waals surface area contributed by atoms with Gasteiger partial charge >= 0.3 is 0 Å². The molecule has 0 aliphatic heterocycles. The van der Waals surface area contributed by atoms with Crippen LogP contribution < -0.4 is 16.2 Å². The Kier molecular flexibility index (Phi) is 3.49. The van der Waals surface area contributed by atoms with E-state index in [1.165, 1.54) is 12.3 Å². The summed E-state index contributed by atoms with van der Waals surface area (Å²) in [5.41, 5.74) is 11.2. The van der Waals surface area contributed by atoms with Crippen molar-refractivity contribution in [3.05, 3.63) is 17.8 Å². The molecule has 15 heavy (non-hydrogen) atoms. The molecule has 1 unspecified atom stereocenters. The molecule has 0 radical (unpaired) electrons. The zero-order chi connectivity index (χ0) is 11.4. The molecule has 0 aromatic carbocycles. The van der Waals surface area contributed by atoms with Gasteiger partial charge < -0.3 is 16.2 Å². The number of nitrogens with zero attached hydrogens (tertiary/aromatic N) is 1. The summed E-state index contributed by atoms with van der Waals surface area (Å²) in [5.74, 6) is -0.212. The Bertz CT molecular complexity index is 366. The van der Waals surface area contributed by atoms with Gasteiger partial charge in [0.05, 0.1) is 23.6 Å². The average molecular weight is 209 g/mol. The highest BCUT2D eigenvalue weighted by atomic mass is 16.5. The van der Waals surface area contributed by atoms with Gasteiger partial charge in [0.25, 0.3) is 5.91 Å². The predicted molar refractivity (Wildman–Crippen MR) is 57.5 cm³/mol. The summed E-state index contributed by atoms with van der Waals surface area (Å²) in [4.78, 5) is 14.9. The Labute approximate surface area is 88.4 Å². The van der Waals surface area contributed by atoms with Crippen LogP contribution in [0.5, 0.6) is 5.88 Å². The standard InChI is InChI=1S/C10H15N3O2/c1-3-6(2)15-9-4-7(10(12)14)8(11)5-13-9/h4-6H,3,11H2,1-2H3,(H2,12,14). The maximum absolute atomic E-state index is 11.0. The van der Waals surface area contributed by atoms with Crippen molar-refractivity contribution >= 4 is 11.6 Å². The molecule has 0 saturated carbocycles. The quantitative estimate of drug-likeness (QED) is 0.772. The van der Waals surface area contributed by atoms with E-state index in [2.05, 4.69) is 4.98 Å². The highest BCUT2D eigenvalue weighted by Crippen LogP contribution is 2.17. The van der Waals surface area contributed by atoms with E-state index in [9.17, 15) is 4.79 Å². The van der Waals surface area contributed by atoms with E-state index < -0.39 is 5.91 Å². The van der Waals surface area contributed by atoms with Gasteiger partial charge in [-0.25, -0.2) is 4.98 Å². The average Bonchev–Trinajstić information content (AvgIpc) is 2.20. The third-order valence-corrected chi connectivity index (χ3v) is 2.07. The number of carbonyl (C=O) groups excluding carboxylic acids is 1. The van der Waals surface area contributed by atoms with Crippen LogP contribution in [0.4, 0.5) is 5.69 Å². The van der Waals surface area contributed by atoms with Crippen LogP contribution in [0.3, 0.4) is 0 Å². The Hall–Kier alpha value is -1.78. The molecular formula is C10H15N3O2. The van der Waals surface area contributed by atoms with Crippen LogP contribution in [0.1, 0.15) is 30.6 Å². The molecule has 0 saturated heterocycles. The van der Waals surface area contributed by atoms with Gasteiger partial charge in [0.15, 0.2) is 0 Å². The normalized spacial score (nSPS) is 12.1. The highest BCUT2D eigenvalue weighted by Gasteiger charge is 2.09. The molecule has 1 atom stereocenters. The van der Waals surface area contributed by atoms with Crippen molar-refractivity contribution in [2.45, 2.75) is 26.4 Å². The molecule has 5 nitrogen and oxygen atoms in total. The minimum absolute atomic E-state index is 0.0434. The lowest BCUT2D eigenvalue weighted by Gasteiger charge is -2.12. The molecule has 1 amide bonds. The fraction of sp³-hybridized carbons (Fsp3) is 0.400. The molecule has 1 rings (SSSR count). The maximum Gasteiger partial charge on any atom is 0.251 e. The number of primary amides is 1. The molecule has 0 spiro atoms. The third-order valence-electron chi connectivity index (χ3n) is 2.07. The number of carbonyl (C=O) groups is 1. The summed E-state index contributed by atoms with van der Waals surface area (Å²) in [6, 6.07) is 1.46. The fourth-order valence-corrected chi connectivity index (χ4v) is 1.01. The number of ether oxygens (including phenoxy) is 1. The topological polar surface area (TPSA) is 91.2 Å². The van der Waals surface area contributed by atoms with Crippen molar-refractivity contribution in [1.29, 1.82) is 0 Å². The van der Waals surface area contributed by atoms with Crippen molar-refractivity contribution < 1.29 is 9.53 Å². The largest absolute Gasteiger partial charge is 0.475 e. The van der Waals surface area contributed by atoms with Crippen molar-refractivity contribution in [2.24, 2.45) is 5.73 Å². The number of rotatable bonds is 4. The molecule has 0 aliphatic carbocycles. The first-order chi connectivity index (χ1) is 7.04. The van der Waals surface area contributed by atoms with Gasteiger partial charge in [0.2, 0.25) is 5.88 Å². The zero-order valence-corrected chi connectivity index (χ0v) is 8.86. The molecule has 1 aromatic rings. The SMILES string of the molecule is CCC(C)Oc1cc(C(N)=O)c(N)cn1. The smallest absolute Gasteiger partial charge is 0.251 e. The van der Waals surface area contributed by atoms with E-state index in [-0.39, 0.29) is 17.4 Å². The molecule has 82 valence electrons. The molecule has 0 fully saturated rings. The van der Waals surface area contributed by atoms with E-state index >= 15 is 0 Å². The summed E-state index contributed by atoms with van der Waals surface area (Å²) in [7, 11) is 0. The van der Waals surface area contributed by atoms with Crippen molar-refractivity contribution in [3.63, 3.8) is 0 Å². The lowest BCUT2D eigenvalue weighted by atomic mass is 10.2. The summed E-state index contributed by atoms with van der Waals surface area (Å²) in [6.45, 7) is 3.92. The molecule has 0 bridgehead atoms. The van der Waals surface area contributed by atoms with E-state index in [0.29, 0.717) is 5.88 Å². The van der Waals surface area contributed by atoms with Crippen LogP contribution in [0.25, 0.3) is 0 Å². The summed E-state index contributed by atoms with van der Waals surface area (Å²) in [5, 5.41) is 0. The first-order valence-corrected chi connectivity index (χ1v) is 4.76. The lowest BCUT2D eigenvalue weighted by Crippen LogP contribution is -2.16. The van der Waals surface area contributed by atoms with E-state index in [1.54, 1.807) is 0 Å². The fourth-order valence-electron chi connectivity index (χ4n) is 1.01. The van der Waals surface area contributed by atoms with Gasteiger partial charge in [-0.2, -0.15) is 0 Å². The Morgan fingerprint density at radius 3 is 2.87 bits per heavy atom. The zero-order valence-electron chi connectivity index (χ0n) is 8.86. The van der Waals surface area contributed by atoms with Crippen LogP contribution in [-0.2, 0) is 0 Å². The molecular weight excluding hydrogens is 194 g/mol. The number of nitrogens with two attached hydrogens (primary N) is 2. The van der Waals surface area contributed by atoms with Crippen LogP contribution >= 0.6 is 0 Å². The number of amides is 1. The lowest BCUT2D eigenvalue weighted by molar-refractivity contribution is 0.1000. The summed E-state index contributed by atoms with van der Waals surface area (Å²) in [6.07, 6.45) is 2.28. The van der Waals surface area contributed by atoms with Gasteiger partial charge in [-0.05, 0) is 13.3 Å². The van der Waals surface area contributed by atoms with Gasteiger partial charge in [0.1, 0.15) is 0 Å². The molecule has 1 heterocycles. The van der Waals surface area contributed by atoms with Crippen LogP contribution in [-0.4, -0.2) is 17.0 Å². The molecule has 1 aromatic heterocycles. The molecule has 0 aliphatic rings. The van der Waals surface area contributed by atoms with Crippen LogP contribution in [0, 0.1) is 0 Å². The number of anilines is 1. The predicted octanol–water partition coefficient (Wildman–Crippen LogP) is 0.940. The molecule has 4 N–H and O–H groups in total. The number of hydrogen-bond donors (Lipinski definition) is 2. The van der Waals surface area contributed by atoms with Gasteiger partial charge in [0, 0.05) is 6.07 Å². The van der Waals surface area contributed by atoms with E-state index in [4.69, 9.17) is 16.2 Å². The number of hydrogen-bond acceptors (Lipinski definition) is 4. The highest BCUT2D eigenvalue weighted by molar-refractivity contribution is 5.97. The van der Waals surface area contributed by atoms with Gasteiger partial charge in [-0.1, -0.05) is 6.92 Å². The van der Waals surface area contributed by atoms with Crippen molar-refractivity contribution in [1.82, 2.24) is 4.98 Å². The summed E-state index contributed by atoms with van der Waals surface area (Å²) >= 11 is 0. The Balaban J connectivity index is 2.92. The second-order valence-corrected chi connectivity index (χ2v) is 3.31. The first kappa shape index (κ1) is 11.3.